The van der Waals surface area contributed by atoms with Crippen LogP contribution in [0.15, 0.2) is 28.3 Å². The predicted octanol–water partition coefficient (Wildman–Crippen LogP) is 2.07. The molecule has 90 valence electrons. The van der Waals surface area contributed by atoms with Gasteiger partial charge < -0.3 is 5.11 Å². The predicted molar refractivity (Wildman–Crippen MR) is 65.0 cm³/mol. The van der Waals surface area contributed by atoms with Gasteiger partial charge in [-0.15, -0.1) is 5.10 Å². The molecule has 2 rings (SSSR count). The zero-order valence-electron chi connectivity index (χ0n) is 9.33. The summed E-state index contributed by atoms with van der Waals surface area (Å²) in [5.41, 5.74) is 0.787. The molecule has 1 N–H and O–H groups in total. The molecule has 1 aromatic carbocycles. The Morgan fingerprint density at radius 2 is 2.24 bits per heavy atom. The Labute approximate surface area is 108 Å². The molecule has 0 saturated carbocycles. The summed E-state index contributed by atoms with van der Waals surface area (Å²) in [6, 6.07) is 5.44. The molecule has 7 heteroatoms. The van der Waals surface area contributed by atoms with E-state index in [4.69, 9.17) is 11.6 Å². The van der Waals surface area contributed by atoms with Crippen LogP contribution in [0.1, 0.15) is 18.6 Å². The first-order valence-electron chi connectivity index (χ1n) is 4.95. The summed E-state index contributed by atoms with van der Waals surface area (Å²) in [6.45, 7) is 1.70. The van der Waals surface area contributed by atoms with Gasteiger partial charge in [-0.05, 0) is 46.8 Å². The first-order valence-corrected chi connectivity index (χ1v) is 6.15. The molecular formula is C10H11ClN4OS. The van der Waals surface area contributed by atoms with Crippen LogP contribution in [-0.4, -0.2) is 25.3 Å². The zero-order chi connectivity index (χ0) is 12.4. The Balaban J connectivity index is 2.26. The quantitative estimate of drug-likeness (QED) is 0.925. The second-order valence-corrected chi connectivity index (χ2v) is 4.97. The third-order valence-corrected chi connectivity index (χ3v) is 3.75. The van der Waals surface area contributed by atoms with Crippen LogP contribution < -0.4 is 0 Å². The van der Waals surface area contributed by atoms with E-state index in [1.807, 2.05) is 12.1 Å². The number of nitrogens with zero attached hydrogens (tertiary/aromatic N) is 4. The van der Waals surface area contributed by atoms with E-state index in [1.54, 1.807) is 24.7 Å². The van der Waals surface area contributed by atoms with Gasteiger partial charge in [0.25, 0.3) is 0 Å². The maximum Gasteiger partial charge on any atom is 0.213 e. The van der Waals surface area contributed by atoms with Crippen molar-refractivity contribution in [3.8, 4) is 0 Å². The number of hydrogen-bond acceptors (Lipinski definition) is 5. The number of aromatic nitrogens is 4. The van der Waals surface area contributed by atoms with Gasteiger partial charge in [0.2, 0.25) is 5.16 Å². The Kier molecular flexibility index (Phi) is 3.66. The molecule has 17 heavy (non-hydrogen) atoms. The summed E-state index contributed by atoms with van der Waals surface area (Å²) in [5, 5.41) is 21.8. The van der Waals surface area contributed by atoms with Gasteiger partial charge in [0.1, 0.15) is 0 Å². The number of aliphatic hydroxyl groups excluding tert-OH is 1. The number of rotatable bonds is 3. The zero-order valence-corrected chi connectivity index (χ0v) is 10.9. The lowest BCUT2D eigenvalue weighted by molar-refractivity contribution is 0.199. The van der Waals surface area contributed by atoms with Crippen LogP contribution >= 0.6 is 23.4 Å². The summed E-state index contributed by atoms with van der Waals surface area (Å²) < 4.78 is 1.57. The Hall–Kier alpha value is -1.11. The third kappa shape index (κ3) is 2.77. The largest absolute Gasteiger partial charge is 0.389 e. The fourth-order valence-corrected chi connectivity index (χ4v) is 2.31. The molecular weight excluding hydrogens is 260 g/mol. The van der Waals surface area contributed by atoms with E-state index in [2.05, 4.69) is 15.5 Å². The number of aliphatic hydroxyl groups is 1. The molecule has 0 saturated heterocycles. The standard InChI is InChI=1S/C10H11ClN4OS/c1-6(16)7-3-4-9(8(11)5-7)17-10-12-13-14-15(10)2/h3-6,16H,1-2H3. The van der Waals surface area contributed by atoms with Crippen molar-refractivity contribution in [1.82, 2.24) is 20.2 Å². The molecule has 1 heterocycles. The minimum atomic E-state index is -0.525. The number of benzene rings is 1. The molecule has 1 atom stereocenters. The van der Waals surface area contributed by atoms with Gasteiger partial charge in [-0.1, -0.05) is 17.7 Å². The van der Waals surface area contributed by atoms with Crippen molar-refractivity contribution in [2.45, 2.75) is 23.1 Å². The van der Waals surface area contributed by atoms with E-state index in [1.165, 1.54) is 11.8 Å². The molecule has 5 nitrogen and oxygen atoms in total. The summed E-state index contributed by atoms with van der Waals surface area (Å²) in [7, 11) is 1.76. The van der Waals surface area contributed by atoms with Gasteiger partial charge in [0, 0.05) is 11.9 Å². The fraction of sp³-hybridized carbons (Fsp3) is 0.300. The molecule has 0 aliphatic carbocycles. The van der Waals surface area contributed by atoms with E-state index in [0.29, 0.717) is 10.2 Å². The van der Waals surface area contributed by atoms with Crippen molar-refractivity contribution in [2.75, 3.05) is 0 Å². The molecule has 0 aliphatic rings. The number of aryl methyl sites for hydroxylation is 1. The van der Waals surface area contributed by atoms with Crippen molar-refractivity contribution >= 4 is 23.4 Å². The van der Waals surface area contributed by atoms with Crippen LogP contribution in [0.25, 0.3) is 0 Å². The molecule has 0 fully saturated rings. The van der Waals surface area contributed by atoms with Crippen LogP contribution in [0.5, 0.6) is 0 Å². The molecule has 2 aromatic rings. The highest BCUT2D eigenvalue weighted by molar-refractivity contribution is 7.99. The van der Waals surface area contributed by atoms with E-state index < -0.39 is 6.10 Å². The van der Waals surface area contributed by atoms with Crippen LogP contribution in [-0.2, 0) is 7.05 Å². The van der Waals surface area contributed by atoms with Crippen molar-refractivity contribution in [1.29, 1.82) is 0 Å². The lowest BCUT2D eigenvalue weighted by Crippen LogP contribution is -1.94. The van der Waals surface area contributed by atoms with Crippen LogP contribution in [0.2, 0.25) is 5.02 Å². The molecule has 0 aliphatic heterocycles. The minimum absolute atomic E-state index is 0.525. The highest BCUT2D eigenvalue weighted by Gasteiger charge is 2.10. The SMILES string of the molecule is CC(O)c1ccc(Sc2nnnn2C)c(Cl)c1. The number of hydrogen-bond donors (Lipinski definition) is 1. The second-order valence-electron chi connectivity index (χ2n) is 3.55. The molecule has 0 amide bonds. The van der Waals surface area contributed by atoms with Crippen molar-refractivity contribution in [2.24, 2.45) is 7.05 Å². The van der Waals surface area contributed by atoms with E-state index in [9.17, 15) is 5.11 Å². The maximum absolute atomic E-state index is 9.44. The molecule has 0 bridgehead atoms. The van der Waals surface area contributed by atoms with Crippen molar-refractivity contribution < 1.29 is 5.11 Å². The average Bonchev–Trinajstić information content (AvgIpc) is 2.67. The minimum Gasteiger partial charge on any atom is -0.389 e. The fourth-order valence-electron chi connectivity index (χ4n) is 1.27. The summed E-state index contributed by atoms with van der Waals surface area (Å²) in [4.78, 5) is 0.856. The lowest BCUT2D eigenvalue weighted by atomic mass is 10.1. The molecule has 1 aromatic heterocycles. The van der Waals surface area contributed by atoms with Gasteiger partial charge in [0.05, 0.1) is 11.1 Å². The average molecular weight is 271 g/mol. The van der Waals surface area contributed by atoms with Crippen LogP contribution in [0, 0.1) is 0 Å². The van der Waals surface area contributed by atoms with Crippen LogP contribution in [0.3, 0.4) is 0 Å². The Bertz CT molecular complexity index is 529. The monoisotopic (exact) mass is 270 g/mol. The topological polar surface area (TPSA) is 63.8 Å². The van der Waals surface area contributed by atoms with Gasteiger partial charge in [-0.25, -0.2) is 4.68 Å². The van der Waals surface area contributed by atoms with E-state index >= 15 is 0 Å². The van der Waals surface area contributed by atoms with Gasteiger partial charge in [0.15, 0.2) is 0 Å². The first-order chi connectivity index (χ1) is 8.08. The molecule has 0 radical (unpaired) electrons. The summed E-state index contributed by atoms with van der Waals surface area (Å²) in [5.74, 6) is 0. The van der Waals surface area contributed by atoms with Crippen LogP contribution in [0.4, 0.5) is 0 Å². The highest BCUT2D eigenvalue weighted by atomic mass is 35.5. The summed E-state index contributed by atoms with van der Waals surface area (Å²) >= 11 is 7.51. The van der Waals surface area contributed by atoms with Gasteiger partial charge in [-0.2, -0.15) is 0 Å². The third-order valence-electron chi connectivity index (χ3n) is 2.22. The lowest BCUT2D eigenvalue weighted by Gasteiger charge is -2.07. The van der Waals surface area contributed by atoms with Crippen molar-refractivity contribution in [3.63, 3.8) is 0 Å². The maximum atomic E-state index is 9.44. The number of halogens is 1. The Morgan fingerprint density at radius 3 is 2.76 bits per heavy atom. The van der Waals surface area contributed by atoms with E-state index in [-0.39, 0.29) is 0 Å². The number of tetrazole rings is 1. The van der Waals surface area contributed by atoms with E-state index in [0.717, 1.165) is 10.5 Å². The smallest absolute Gasteiger partial charge is 0.213 e. The summed E-state index contributed by atoms with van der Waals surface area (Å²) in [6.07, 6.45) is -0.525. The Morgan fingerprint density at radius 1 is 1.47 bits per heavy atom. The van der Waals surface area contributed by atoms with Crippen molar-refractivity contribution in [3.05, 3.63) is 28.8 Å². The molecule has 1 unspecified atom stereocenters. The van der Waals surface area contributed by atoms with Gasteiger partial charge >= 0.3 is 0 Å². The van der Waals surface area contributed by atoms with Gasteiger partial charge in [-0.3, -0.25) is 0 Å². The first kappa shape index (κ1) is 12.3. The normalized spacial score (nSPS) is 12.7. The molecule has 0 spiro atoms. The second kappa shape index (κ2) is 5.03. The highest BCUT2D eigenvalue weighted by Crippen LogP contribution is 2.33.